The maximum Gasteiger partial charge on any atom is 0.165 e. The lowest BCUT2D eigenvalue weighted by Crippen LogP contribution is -2.03. The molecular formula is C15H10ClFN4. The van der Waals surface area contributed by atoms with Crippen molar-refractivity contribution in [1.82, 2.24) is 14.5 Å². The van der Waals surface area contributed by atoms with Gasteiger partial charge in [0.15, 0.2) is 5.65 Å². The molecule has 0 spiro atoms. The smallest absolute Gasteiger partial charge is 0.165 e. The molecule has 6 heteroatoms. The summed E-state index contributed by atoms with van der Waals surface area (Å²) in [6.07, 6.45) is 1.65. The van der Waals surface area contributed by atoms with E-state index in [2.05, 4.69) is 9.97 Å². The van der Waals surface area contributed by atoms with Crippen LogP contribution in [-0.4, -0.2) is 14.5 Å². The van der Waals surface area contributed by atoms with Crippen molar-refractivity contribution in [2.45, 2.75) is 12.8 Å². The van der Waals surface area contributed by atoms with Crippen LogP contribution in [0.5, 0.6) is 0 Å². The molecular weight excluding hydrogens is 291 g/mol. The molecule has 21 heavy (non-hydrogen) atoms. The van der Waals surface area contributed by atoms with Crippen molar-refractivity contribution in [3.8, 4) is 11.8 Å². The lowest BCUT2D eigenvalue weighted by atomic mass is 10.2. The van der Waals surface area contributed by atoms with Gasteiger partial charge >= 0.3 is 0 Å². The summed E-state index contributed by atoms with van der Waals surface area (Å²) in [6, 6.07) is 8.03. The highest BCUT2D eigenvalue weighted by molar-refractivity contribution is 6.17. The first-order valence-electron chi connectivity index (χ1n) is 6.24. The number of fused-ring (bicyclic) bond motifs is 1. The van der Waals surface area contributed by atoms with Gasteiger partial charge in [0.2, 0.25) is 0 Å². The summed E-state index contributed by atoms with van der Waals surface area (Å²) in [6.45, 7) is 1.91. The third-order valence-electron chi connectivity index (χ3n) is 3.25. The van der Waals surface area contributed by atoms with Crippen LogP contribution >= 0.6 is 11.6 Å². The van der Waals surface area contributed by atoms with Crippen molar-refractivity contribution in [1.29, 1.82) is 5.26 Å². The number of aryl methyl sites for hydroxylation is 1. The minimum absolute atomic E-state index is 0.134. The van der Waals surface area contributed by atoms with E-state index >= 15 is 0 Å². The maximum absolute atomic E-state index is 14.3. The number of imidazole rings is 1. The van der Waals surface area contributed by atoms with Crippen LogP contribution in [0.2, 0.25) is 0 Å². The number of rotatable bonds is 2. The van der Waals surface area contributed by atoms with Crippen molar-refractivity contribution < 1.29 is 4.39 Å². The van der Waals surface area contributed by atoms with Crippen LogP contribution in [0.4, 0.5) is 4.39 Å². The van der Waals surface area contributed by atoms with Crippen molar-refractivity contribution in [2.75, 3.05) is 0 Å². The molecule has 1 aromatic carbocycles. The second-order valence-electron chi connectivity index (χ2n) is 4.58. The lowest BCUT2D eigenvalue weighted by molar-refractivity contribution is 0.617. The molecule has 3 rings (SSSR count). The van der Waals surface area contributed by atoms with Crippen molar-refractivity contribution >= 4 is 22.8 Å². The van der Waals surface area contributed by atoms with E-state index in [9.17, 15) is 4.39 Å². The average molecular weight is 301 g/mol. The lowest BCUT2D eigenvalue weighted by Gasteiger charge is -2.08. The molecule has 0 aliphatic heterocycles. The fourth-order valence-corrected chi connectivity index (χ4v) is 2.42. The molecule has 0 amide bonds. The highest BCUT2D eigenvalue weighted by Crippen LogP contribution is 2.25. The number of benzene rings is 1. The Kier molecular flexibility index (Phi) is 3.32. The Balaban J connectivity index is 2.34. The number of aromatic nitrogens is 3. The highest BCUT2D eigenvalue weighted by Gasteiger charge is 2.17. The number of halogens is 2. The van der Waals surface area contributed by atoms with Crippen LogP contribution in [0.25, 0.3) is 16.9 Å². The van der Waals surface area contributed by atoms with E-state index < -0.39 is 5.82 Å². The quantitative estimate of drug-likeness (QED) is 0.681. The molecule has 0 unspecified atom stereocenters. The zero-order valence-electron chi connectivity index (χ0n) is 11.1. The predicted molar refractivity (Wildman–Crippen MR) is 77.8 cm³/mol. The van der Waals surface area contributed by atoms with E-state index in [1.165, 1.54) is 12.1 Å². The van der Waals surface area contributed by atoms with Gasteiger partial charge in [-0.25, -0.2) is 14.4 Å². The van der Waals surface area contributed by atoms with E-state index in [1.54, 1.807) is 16.8 Å². The van der Waals surface area contributed by atoms with Gasteiger partial charge < -0.3 is 0 Å². The molecule has 0 N–H and O–H groups in total. The van der Waals surface area contributed by atoms with Gasteiger partial charge in [-0.3, -0.25) is 4.57 Å². The number of hydrogen-bond donors (Lipinski definition) is 0. The van der Waals surface area contributed by atoms with Gasteiger partial charge in [-0.1, -0.05) is 0 Å². The van der Waals surface area contributed by atoms with Crippen LogP contribution in [-0.2, 0) is 5.88 Å². The summed E-state index contributed by atoms with van der Waals surface area (Å²) in [4.78, 5) is 8.71. The van der Waals surface area contributed by atoms with Crippen LogP contribution < -0.4 is 0 Å². The molecule has 0 aliphatic rings. The first kappa shape index (κ1) is 13.5. The monoisotopic (exact) mass is 300 g/mol. The Labute approximate surface area is 125 Å². The zero-order valence-corrected chi connectivity index (χ0v) is 11.9. The van der Waals surface area contributed by atoms with Crippen molar-refractivity contribution in [2.24, 2.45) is 0 Å². The van der Waals surface area contributed by atoms with Crippen LogP contribution in [0, 0.1) is 24.1 Å². The number of pyridine rings is 1. The summed E-state index contributed by atoms with van der Waals surface area (Å²) in [7, 11) is 0. The fraction of sp³-hybridized carbons (Fsp3) is 0.133. The van der Waals surface area contributed by atoms with E-state index in [0.29, 0.717) is 17.0 Å². The standard InChI is InChI=1S/C15H10ClFN4/c1-9-4-5-19-15-14(9)20-13(7-16)21(15)12-3-2-10(8-18)6-11(12)17/h2-6H,7H2,1H3. The highest BCUT2D eigenvalue weighted by atomic mass is 35.5. The topological polar surface area (TPSA) is 54.5 Å². The molecule has 2 heterocycles. The van der Waals surface area contributed by atoms with Gasteiger partial charge in [0.25, 0.3) is 0 Å². The summed E-state index contributed by atoms with van der Waals surface area (Å²) >= 11 is 5.93. The second-order valence-corrected chi connectivity index (χ2v) is 4.84. The molecule has 0 saturated heterocycles. The van der Waals surface area contributed by atoms with Crippen molar-refractivity contribution in [3.63, 3.8) is 0 Å². The number of alkyl halides is 1. The molecule has 0 atom stereocenters. The average Bonchev–Trinajstić information content (AvgIpc) is 2.87. The molecule has 4 nitrogen and oxygen atoms in total. The summed E-state index contributed by atoms with van der Waals surface area (Å²) < 4.78 is 15.9. The summed E-state index contributed by atoms with van der Waals surface area (Å²) in [5, 5.41) is 8.82. The fourth-order valence-electron chi connectivity index (χ4n) is 2.24. The van der Waals surface area contributed by atoms with E-state index in [1.807, 2.05) is 19.1 Å². The molecule has 0 saturated carbocycles. The Morgan fingerprint density at radius 2 is 2.19 bits per heavy atom. The SMILES string of the molecule is Cc1ccnc2c1nc(CCl)n2-c1ccc(C#N)cc1F. The van der Waals surface area contributed by atoms with Gasteiger partial charge in [-0.2, -0.15) is 5.26 Å². The normalized spacial score (nSPS) is 10.8. The minimum atomic E-state index is -0.511. The van der Waals surface area contributed by atoms with E-state index in [0.717, 1.165) is 5.56 Å². The van der Waals surface area contributed by atoms with Gasteiger partial charge in [0, 0.05) is 6.20 Å². The first-order chi connectivity index (χ1) is 10.2. The van der Waals surface area contributed by atoms with E-state index in [-0.39, 0.29) is 17.1 Å². The van der Waals surface area contributed by atoms with Crippen LogP contribution in [0.1, 0.15) is 17.0 Å². The van der Waals surface area contributed by atoms with Crippen molar-refractivity contribution in [3.05, 3.63) is 53.2 Å². The summed E-state index contributed by atoms with van der Waals surface area (Å²) in [5.74, 6) is 0.134. The molecule has 2 aromatic heterocycles. The van der Waals surface area contributed by atoms with Gasteiger partial charge in [0.1, 0.15) is 17.2 Å². The zero-order chi connectivity index (χ0) is 15.0. The Hall–Kier alpha value is -2.45. The Bertz CT molecular complexity index is 879. The molecule has 0 bridgehead atoms. The number of nitriles is 1. The predicted octanol–water partition coefficient (Wildman–Crippen LogP) is 3.48. The summed E-state index contributed by atoms with van der Waals surface area (Å²) in [5.41, 5.74) is 2.73. The first-order valence-corrected chi connectivity index (χ1v) is 6.78. The number of hydrogen-bond acceptors (Lipinski definition) is 3. The third-order valence-corrected chi connectivity index (χ3v) is 3.49. The van der Waals surface area contributed by atoms with Gasteiger partial charge in [-0.05, 0) is 36.8 Å². The largest absolute Gasteiger partial charge is 0.277 e. The molecule has 0 radical (unpaired) electrons. The molecule has 0 fully saturated rings. The van der Waals surface area contributed by atoms with Gasteiger partial charge in [-0.15, -0.1) is 11.6 Å². The Morgan fingerprint density at radius 1 is 1.38 bits per heavy atom. The second kappa shape index (κ2) is 5.15. The van der Waals surface area contributed by atoms with E-state index in [4.69, 9.17) is 16.9 Å². The van der Waals surface area contributed by atoms with Gasteiger partial charge in [0.05, 0.1) is 23.2 Å². The van der Waals surface area contributed by atoms with Crippen LogP contribution in [0.3, 0.4) is 0 Å². The number of nitrogens with zero attached hydrogens (tertiary/aromatic N) is 4. The molecule has 0 aliphatic carbocycles. The van der Waals surface area contributed by atoms with Crippen LogP contribution in [0.15, 0.2) is 30.5 Å². The minimum Gasteiger partial charge on any atom is -0.277 e. The molecule has 104 valence electrons. The maximum atomic E-state index is 14.3. The molecule has 3 aromatic rings. The third kappa shape index (κ3) is 2.14. The Morgan fingerprint density at radius 3 is 2.86 bits per heavy atom.